The molecule has 35 heavy (non-hydrogen) atoms. The molecule has 0 radical (unpaired) electrons. The molecule has 0 bridgehead atoms. The third-order valence-electron chi connectivity index (χ3n) is 4.84. The highest BCUT2D eigenvalue weighted by Crippen LogP contribution is 2.31. The molecule has 0 aliphatic heterocycles. The number of aryl methyl sites for hydroxylation is 2. The van der Waals surface area contributed by atoms with Crippen LogP contribution in [0.3, 0.4) is 0 Å². The predicted molar refractivity (Wildman–Crippen MR) is 120 cm³/mol. The van der Waals surface area contributed by atoms with E-state index in [4.69, 9.17) is 14.0 Å². The third kappa shape index (κ3) is 5.81. The number of alkyl halides is 3. The predicted octanol–water partition coefficient (Wildman–Crippen LogP) is 4.52. The maximum absolute atomic E-state index is 12.9. The highest BCUT2D eigenvalue weighted by molar-refractivity contribution is 5.93. The largest absolute Gasteiger partial charge is 0.485 e. The molecule has 8 nitrogen and oxygen atoms in total. The van der Waals surface area contributed by atoms with Crippen LogP contribution in [0.25, 0.3) is 5.65 Å². The number of hydrogen-bond acceptors (Lipinski definition) is 6. The minimum atomic E-state index is -4.52. The fraction of sp³-hybridized carbons (Fsp3) is 0.208. The summed E-state index contributed by atoms with van der Waals surface area (Å²) < 4.78 is 55.9. The Morgan fingerprint density at radius 3 is 2.66 bits per heavy atom. The van der Waals surface area contributed by atoms with Crippen molar-refractivity contribution in [3.05, 3.63) is 87.5 Å². The van der Waals surface area contributed by atoms with Crippen molar-refractivity contribution in [3.63, 3.8) is 0 Å². The summed E-state index contributed by atoms with van der Waals surface area (Å²) in [4.78, 5) is 28.9. The van der Waals surface area contributed by atoms with Crippen molar-refractivity contribution in [2.45, 2.75) is 26.6 Å². The van der Waals surface area contributed by atoms with Crippen LogP contribution >= 0.6 is 0 Å². The van der Waals surface area contributed by atoms with E-state index < -0.39 is 29.8 Å². The first kappa shape index (κ1) is 23.9. The van der Waals surface area contributed by atoms with Gasteiger partial charge in [0.15, 0.2) is 12.3 Å². The van der Waals surface area contributed by atoms with Crippen molar-refractivity contribution < 1.29 is 32.0 Å². The topological polar surface area (TPSA) is 95.1 Å². The van der Waals surface area contributed by atoms with Crippen molar-refractivity contribution >= 4 is 17.2 Å². The molecule has 1 amide bonds. The monoisotopic (exact) mass is 487 g/mol. The Morgan fingerprint density at radius 2 is 1.89 bits per heavy atom. The Labute approximate surface area is 196 Å². The average Bonchev–Trinajstić information content (AvgIpc) is 3.18. The van der Waals surface area contributed by atoms with Crippen molar-refractivity contribution in [2.24, 2.45) is 0 Å². The van der Waals surface area contributed by atoms with Gasteiger partial charge in [0.1, 0.15) is 23.9 Å². The van der Waals surface area contributed by atoms with E-state index >= 15 is 0 Å². The summed E-state index contributed by atoms with van der Waals surface area (Å²) in [6, 6.07) is 12.2. The van der Waals surface area contributed by atoms with E-state index in [2.05, 4.69) is 10.3 Å². The molecule has 0 fully saturated rings. The van der Waals surface area contributed by atoms with E-state index in [0.717, 1.165) is 22.3 Å². The summed E-state index contributed by atoms with van der Waals surface area (Å²) in [7, 11) is 0. The normalized spacial score (nSPS) is 11.5. The van der Waals surface area contributed by atoms with E-state index in [-0.39, 0.29) is 12.4 Å². The van der Waals surface area contributed by atoms with Crippen LogP contribution in [-0.2, 0) is 17.6 Å². The number of rotatable bonds is 7. The van der Waals surface area contributed by atoms with Gasteiger partial charge in [-0.1, -0.05) is 12.1 Å². The summed E-state index contributed by atoms with van der Waals surface area (Å²) in [6.07, 6.45) is -4.52. The first-order valence-corrected chi connectivity index (χ1v) is 10.4. The molecular formula is C24H20F3N3O5. The number of nitrogens with zero attached hydrogens (tertiary/aromatic N) is 2. The lowest BCUT2D eigenvalue weighted by Crippen LogP contribution is -2.21. The first-order chi connectivity index (χ1) is 16.6. The van der Waals surface area contributed by atoms with Crippen LogP contribution < -0.4 is 20.3 Å². The van der Waals surface area contributed by atoms with Gasteiger partial charge in [-0.2, -0.15) is 13.2 Å². The second-order valence-corrected chi connectivity index (χ2v) is 7.74. The SMILES string of the molecule is Cc1ccc(NC(=O)COc2cccc(C(F)(F)F)c2)c(OCc2cc(=O)n3oc(C)cc3n2)c1. The zero-order valence-corrected chi connectivity index (χ0v) is 18.7. The van der Waals surface area contributed by atoms with Crippen LogP contribution in [-0.4, -0.2) is 22.1 Å². The molecule has 182 valence electrons. The van der Waals surface area contributed by atoms with Gasteiger partial charge in [-0.3, -0.25) is 9.59 Å². The van der Waals surface area contributed by atoms with Gasteiger partial charge in [0.2, 0.25) is 0 Å². The lowest BCUT2D eigenvalue weighted by atomic mass is 10.2. The minimum absolute atomic E-state index is 0.0526. The van der Waals surface area contributed by atoms with E-state index in [1.807, 2.05) is 6.92 Å². The number of carbonyl (C=O) groups is 1. The number of fused-ring (bicyclic) bond motifs is 1. The molecule has 0 unspecified atom stereocenters. The Morgan fingerprint density at radius 1 is 1.09 bits per heavy atom. The summed E-state index contributed by atoms with van der Waals surface area (Å²) in [6.45, 7) is 2.97. The Kier molecular flexibility index (Phi) is 6.50. The van der Waals surface area contributed by atoms with Crippen molar-refractivity contribution in [1.82, 2.24) is 9.56 Å². The highest BCUT2D eigenvalue weighted by atomic mass is 19.4. The van der Waals surface area contributed by atoms with E-state index in [1.165, 1.54) is 18.2 Å². The molecule has 11 heteroatoms. The molecule has 0 aliphatic rings. The lowest BCUT2D eigenvalue weighted by Gasteiger charge is -2.14. The van der Waals surface area contributed by atoms with Crippen LogP contribution in [0.5, 0.6) is 11.5 Å². The van der Waals surface area contributed by atoms with Gasteiger partial charge in [-0.25, -0.2) is 4.98 Å². The molecule has 2 aromatic heterocycles. The number of amides is 1. The summed E-state index contributed by atoms with van der Waals surface area (Å²) >= 11 is 0. The molecular weight excluding hydrogens is 467 g/mol. The molecule has 0 spiro atoms. The number of ether oxygens (including phenoxy) is 2. The van der Waals surface area contributed by atoms with Crippen molar-refractivity contribution in [3.8, 4) is 11.5 Å². The number of carbonyl (C=O) groups excluding carboxylic acids is 1. The standard InChI is InChI=1S/C24H20F3N3O5/c1-14-6-7-19(29-22(31)13-33-18-5-3-4-16(10-18)24(25,26)27)20(8-14)34-12-17-11-23(32)30-21(28-17)9-15(2)35-30/h3-11H,12-13H2,1-2H3,(H,29,31). The van der Waals surface area contributed by atoms with Gasteiger partial charge in [-0.15, -0.1) is 4.57 Å². The van der Waals surface area contributed by atoms with Crippen LogP contribution in [0.1, 0.15) is 22.6 Å². The van der Waals surface area contributed by atoms with Gasteiger partial charge < -0.3 is 19.3 Å². The minimum Gasteiger partial charge on any atom is -0.485 e. The van der Waals surface area contributed by atoms with Crippen LogP contribution in [0.2, 0.25) is 0 Å². The number of hydrogen-bond donors (Lipinski definition) is 1. The van der Waals surface area contributed by atoms with Gasteiger partial charge in [0, 0.05) is 12.1 Å². The van der Waals surface area contributed by atoms with Crippen molar-refractivity contribution in [2.75, 3.05) is 11.9 Å². The smallest absolute Gasteiger partial charge is 0.416 e. The Balaban J connectivity index is 1.43. The molecule has 0 atom stereocenters. The summed E-state index contributed by atoms with van der Waals surface area (Å²) in [5.74, 6) is 0.173. The molecule has 0 aliphatic carbocycles. The molecule has 2 aromatic carbocycles. The van der Waals surface area contributed by atoms with Gasteiger partial charge >= 0.3 is 6.18 Å². The maximum atomic E-state index is 12.9. The number of nitrogens with one attached hydrogen (secondary N) is 1. The van der Waals surface area contributed by atoms with Crippen LogP contribution in [0.4, 0.5) is 18.9 Å². The number of aromatic nitrogens is 2. The Bertz CT molecular complexity index is 1440. The molecule has 0 saturated carbocycles. The second-order valence-electron chi connectivity index (χ2n) is 7.74. The lowest BCUT2D eigenvalue weighted by molar-refractivity contribution is -0.137. The van der Waals surface area contributed by atoms with E-state index in [1.54, 1.807) is 31.2 Å². The number of halogens is 3. The zero-order chi connectivity index (χ0) is 25.2. The zero-order valence-electron chi connectivity index (χ0n) is 18.7. The van der Waals surface area contributed by atoms with Crippen LogP contribution in [0.15, 0.2) is 63.9 Å². The fourth-order valence-electron chi connectivity index (χ4n) is 3.25. The third-order valence-corrected chi connectivity index (χ3v) is 4.84. The van der Waals surface area contributed by atoms with E-state index in [0.29, 0.717) is 28.5 Å². The first-order valence-electron chi connectivity index (χ1n) is 10.4. The molecule has 4 aromatic rings. The van der Waals surface area contributed by atoms with Gasteiger partial charge in [-0.05, 0) is 49.7 Å². The van der Waals surface area contributed by atoms with E-state index in [9.17, 15) is 22.8 Å². The summed E-state index contributed by atoms with van der Waals surface area (Å²) in [5, 5.41) is 2.62. The molecule has 4 rings (SSSR count). The maximum Gasteiger partial charge on any atom is 0.416 e. The average molecular weight is 487 g/mol. The number of benzene rings is 2. The number of anilines is 1. The van der Waals surface area contributed by atoms with Gasteiger partial charge in [0.05, 0.1) is 16.9 Å². The highest BCUT2D eigenvalue weighted by Gasteiger charge is 2.30. The Hall–Kier alpha value is -4.28. The van der Waals surface area contributed by atoms with Crippen molar-refractivity contribution in [1.29, 1.82) is 0 Å². The van der Waals surface area contributed by atoms with Crippen LogP contribution in [0, 0.1) is 13.8 Å². The summed E-state index contributed by atoms with van der Waals surface area (Å²) in [5.41, 5.74) is 0.616. The second kappa shape index (κ2) is 9.53. The molecule has 2 heterocycles. The molecule has 1 N–H and O–H groups in total. The molecule has 0 saturated heterocycles. The fourth-order valence-corrected chi connectivity index (χ4v) is 3.25. The quantitative estimate of drug-likeness (QED) is 0.412. The van der Waals surface area contributed by atoms with Gasteiger partial charge in [0.25, 0.3) is 11.5 Å².